The predicted molar refractivity (Wildman–Crippen MR) is 73.3 cm³/mol. The Morgan fingerprint density at radius 3 is 2.71 bits per heavy atom. The van der Waals surface area contributed by atoms with E-state index in [0.717, 1.165) is 19.7 Å². The third-order valence-corrected chi connectivity index (χ3v) is 2.57. The van der Waals surface area contributed by atoms with Gasteiger partial charge in [0.05, 0.1) is 13.2 Å². The lowest BCUT2D eigenvalue weighted by Gasteiger charge is -2.05. The van der Waals surface area contributed by atoms with E-state index in [-0.39, 0.29) is 0 Å². The molecular weight excluding hydrogens is 210 g/mol. The molecular formula is C15H23NO. The lowest BCUT2D eigenvalue weighted by atomic mass is 10.1. The van der Waals surface area contributed by atoms with Gasteiger partial charge < -0.3 is 10.1 Å². The van der Waals surface area contributed by atoms with Gasteiger partial charge in [0.25, 0.3) is 0 Å². The Labute approximate surface area is 105 Å². The molecule has 2 nitrogen and oxygen atoms in total. The minimum atomic E-state index is 0.648. The average molecular weight is 233 g/mol. The van der Waals surface area contributed by atoms with E-state index in [2.05, 4.69) is 42.2 Å². The summed E-state index contributed by atoms with van der Waals surface area (Å²) in [5.41, 5.74) is 1.43. The number of benzene rings is 1. The maximum Gasteiger partial charge on any atom is 0.0645 e. The Morgan fingerprint density at radius 1 is 1.12 bits per heavy atom. The standard InChI is InChI=1S/C15H23NO/c1-2-13-17-14-12-16-11-7-6-10-15-8-4-3-5-9-15/h2-5,8-9,16H,1,6-7,10-14H2. The molecule has 0 saturated heterocycles. The van der Waals surface area contributed by atoms with Crippen LogP contribution >= 0.6 is 0 Å². The van der Waals surface area contributed by atoms with Gasteiger partial charge in [-0.2, -0.15) is 0 Å². The molecule has 94 valence electrons. The van der Waals surface area contributed by atoms with E-state index in [1.165, 1.54) is 24.8 Å². The summed E-state index contributed by atoms with van der Waals surface area (Å²) in [4.78, 5) is 0. The van der Waals surface area contributed by atoms with Gasteiger partial charge >= 0.3 is 0 Å². The summed E-state index contributed by atoms with van der Waals surface area (Å²) >= 11 is 0. The van der Waals surface area contributed by atoms with Gasteiger partial charge in [-0.1, -0.05) is 36.4 Å². The van der Waals surface area contributed by atoms with Crippen LogP contribution in [-0.2, 0) is 11.2 Å². The largest absolute Gasteiger partial charge is 0.376 e. The van der Waals surface area contributed by atoms with Crippen LogP contribution in [-0.4, -0.2) is 26.3 Å². The maximum absolute atomic E-state index is 5.28. The van der Waals surface area contributed by atoms with Gasteiger partial charge in [-0.3, -0.25) is 0 Å². The summed E-state index contributed by atoms with van der Waals surface area (Å²) in [5.74, 6) is 0. The van der Waals surface area contributed by atoms with Crippen molar-refractivity contribution in [1.29, 1.82) is 0 Å². The molecule has 1 aromatic rings. The number of nitrogens with one attached hydrogen (secondary N) is 1. The average Bonchev–Trinajstić information content (AvgIpc) is 2.38. The summed E-state index contributed by atoms with van der Waals surface area (Å²) in [6.07, 6.45) is 5.41. The third-order valence-electron chi connectivity index (χ3n) is 2.57. The summed E-state index contributed by atoms with van der Waals surface area (Å²) in [7, 11) is 0. The number of ether oxygens (including phenoxy) is 1. The fourth-order valence-corrected chi connectivity index (χ4v) is 1.66. The molecule has 0 aliphatic rings. The van der Waals surface area contributed by atoms with Crippen LogP contribution in [0.5, 0.6) is 0 Å². The van der Waals surface area contributed by atoms with Crippen molar-refractivity contribution in [2.75, 3.05) is 26.3 Å². The molecule has 0 saturated carbocycles. The van der Waals surface area contributed by atoms with Gasteiger partial charge in [-0.15, -0.1) is 6.58 Å². The molecule has 0 aliphatic heterocycles. The minimum Gasteiger partial charge on any atom is -0.376 e. The van der Waals surface area contributed by atoms with E-state index in [4.69, 9.17) is 4.74 Å². The Balaban J connectivity index is 1.86. The van der Waals surface area contributed by atoms with E-state index < -0.39 is 0 Å². The Hall–Kier alpha value is -1.12. The van der Waals surface area contributed by atoms with E-state index in [1.807, 2.05) is 0 Å². The smallest absolute Gasteiger partial charge is 0.0645 e. The van der Waals surface area contributed by atoms with Crippen LogP contribution in [0.1, 0.15) is 18.4 Å². The molecule has 0 aromatic heterocycles. The molecule has 0 fully saturated rings. The van der Waals surface area contributed by atoms with Crippen LogP contribution in [0.15, 0.2) is 43.0 Å². The predicted octanol–water partition coefficient (Wildman–Crippen LogP) is 2.80. The van der Waals surface area contributed by atoms with Crippen LogP contribution in [0.3, 0.4) is 0 Å². The number of unbranched alkanes of at least 4 members (excludes halogenated alkanes) is 1. The second-order valence-electron chi connectivity index (χ2n) is 4.06. The molecule has 0 amide bonds. The number of hydrogen-bond acceptors (Lipinski definition) is 2. The van der Waals surface area contributed by atoms with Crippen LogP contribution in [0.2, 0.25) is 0 Å². The van der Waals surface area contributed by atoms with Crippen LogP contribution < -0.4 is 5.32 Å². The Bertz CT molecular complexity index is 284. The van der Waals surface area contributed by atoms with Gasteiger partial charge in [0, 0.05) is 6.54 Å². The SMILES string of the molecule is C=CCOCCNCCCCc1ccccc1. The maximum atomic E-state index is 5.28. The van der Waals surface area contributed by atoms with Crippen molar-refractivity contribution in [3.05, 3.63) is 48.6 Å². The molecule has 0 aliphatic carbocycles. The zero-order valence-corrected chi connectivity index (χ0v) is 10.5. The first-order valence-corrected chi connectivity index (χ1v) is 6.37. The molecule has 1 rings (SSSR count). The molecule has 1 aromatic carbocycles. The summed E-state index contributed by atoms with van der Waals surface area (Å²) in [6.45, 7) is 7.02. The molecule has 17 heavy (non-hydrogen) atoms. The van der Waals surface area contributed by atoms with Crippen molar-refractivity contribution >= 4 is 0 Å². The first-order chi connectivity index (χ1) is 8.43. The van der Waals surface area contributed by atoms with E-state index in [1.54, 1.807) is 6.08 Å². The number of hydrogen-bond donors (Lipinski definition) is 1. The molecule has 0 heterocycles. The molecule has 0 unspecified atom stereocenters. The zero-order valence-electron chi connectivity index (χ0n) is 10.5. The highest BCUT2D eigenvalue weighted by molar-refractivity contribution is 5.14. The van der Waals surface area contributed by atoms with Crippen molar-refractivity contribution in [1.82, 2.24) is 5.32 Å². The first kappa shape index (κ1) is 13.9. The van der Waals surface area contributed by atoms with Crippen LogP contribution in [0.25, 0.3) is 0 Å². The molecule has 1 N–H and O–H groups in total. The lowest BCUT2D eigenvalue weighted by molar-refractivity contribution is 0.164. The fourth-order valence-electron chi connectivity index (χ4n) is 1.66. The van der Waals surface area contributed by atoms with Gasteiger partial charge in [0.2, 0.25) is 0 Å². The van der Waals surface area contributed by atoms with Crippen molar-refractivity contribution in [2.45, 2.75) is 19.3 Å². The Kier molecular flexibility index (Phi) is 8.25. The van der Waals surface area contributed by atoms with Gasteiger partial charge in [-0.05, 0) is 31.4 Å². The minimum absolute atomic E-state index is 0.648. The second kappa shape index (κ2) is 10.1. The molecule has 2 heteroatoms. The summed E-state index contributed by atoms with van der Waals surface area (Å²) in [5, 5.41) is 3.37. The summed E-state index contributed by atoms with van der Waals surface area (Å²) in [6, 6.07) is 10.6. The van der Waals surface area contributed by atoms with Crippen molar-refractivity contribution in [2.24, 2.45) is 0 Å². The fraction of sp³-hybridized carbons (Fsp3) is 0.467. The van der Waals surface area contributed by atoms with Gasteiger partial charge in [0.1, 0.15) is 0 Å². The third kappa shape index (κ3) is 7.72. The summed E-state index contributed by atoms with van der Waals surface area (Å²) < 4.78 is 5.28. The first-order valence-electron chi connectivity index (χ1n) is 6.37. The quantitative estimate of drug-likeness (QED) is 0.495. The van der Waals surface area contributed by atoms with Crippen molar-refractivity contribution < 1.29 is 4.74 Å². The van der Waals surface area contributed by atoms with E-state index in [9.17, 15) is 0 Å². The molecule has 0 radical (unpaired) electrons. The highest BCUT2D eigenvalue weighted by atomic mass is 16.5. The van der Waals surface area contributed by atoms with Gasteiger partial charge in [0.15, 0.2) is 0 Å². The number of aryl methyl sites for hydroxylation is 1. The topological polar surface area (TPSA) is 21.3 Å². The highest BCUT2D eigenvalue weighted by Gasteiger charge is 1.92. The lowest BCUT2D eigenvalue weighted by Crippen LogP contribution is -2.21. The second-order valence-corrected chi connectivity index (χ2v) is 4.06. The monoisotopic (exact) mass is 233 g/mol. The van der Waals surface area contributed by atoms with Crippen LogP contribution in [0, 0.1) is 0 Å². The molecule has 0 atom stereocenters. The Morgan fingerprint density at radius 2 is 1.94 bits per heavy atom. The zero-order chi connectivity index (χ0) is 12.2. The van der Waals surface area contributed by atoms with Crippen molar-refractivity contribution in [3.8, 4) is 0 Å². The molecule has 0 bridgehead atoms. The number of rotatable bonds is 10. The van der Waals surface area contributed by atoms with Crippen molar-refractivity contribution in [3.63, 3.8) is 0 Å². The van der Waals surface area contributed by atoms with E-state index in [0.29, 0.717) is 6.61 Å². The van der Waals surface area contributed by atoms with E-state index >= 15 is 0 Å². The van der Waals surface area contributed by atoms with Gasteiger partial charge in [-0.25, -0.2) is 0 Å². The highest BCUT2D eigenvalue weighted by Crippen LogP contribution is 2.03. The normalized spacial score (nSPS) is 10.4. The molecule has 0 spiro atoms. The van der Waals surface area contributed by atoms with Crippen LogP contribution in [0.4, 0.5) is 0 Å².